The van der Waals surface area contributed by atoms with Crippen LogP contribution in [0.25, 0.3) is 0 Å². The Morgan fingerprint density at radius 3 is 2.72 bits per heavy atom. The van der Waals surface area contributed by atoms with E-state index in [1.54, 1.807) is 0 Å². The molecule has 2 atom stereocenters. The number of nitrogens with zero attached hydrogens (tertiary/aromatic N) is 1. The first-order valence-corrected chi connectivity index (χ1v) is 7.67. The van der Waals surface area contributed by atoms with E-state index in [2.05, 4.69) is 39.9 Å². The standard InChI is InChI=1S/C14H24N2OS/c1-6-12-10(4)18-13(15-12)14(16-9(2)3)7-8-17-11(14)5/h9,11,16H,6-8H2,1-5H3. The van der Waals surface area contributed by atoms with Crippen molar-refractivity contribution in [1.29, 1.82) is 0 Å². The maximum atomic E-state index is 5.81. The normalized spacial score (nSPS) is 28.2. The smallest absolute Gasteiger partial charge is 0.116 e. The topological polar surface area (TPSA) is 34.2 Å². The number of aryl methyl sites for hydroxylation is 2. The van der Waals surface area contributed by atoms with Gasteiger partial charge in [0.25, 0.3) is 0 Å². The van der Waals surface area contributed by atoms with Crippen molar-refractivity contribution in [3.05, 3.63) is 15.6 Å². The molecule has 4 heteroatoms. The monoisotopic (exact) mass is 268 g/mol. The Kier molecular flexibility index (Phi) is 4.09. The van der Waals surface area contributed by atoms with Crippen molar-refractivity contribution in [2.75, 3.05) is 6.61 Å². The maximum Gasteiger partial charge on any atom is 0.116 e. The summed E-state index contributed by atoms with van der Waals surface area (Å²) in [5.41, 5.74) is 1.15. The first-order valence-electron chi connectivity index (χ1n) is 6.85. The average molecular weight is 268 g/mol. The Hall–Kier alpha value is -0.450. The van der Waals surface area contributed by atoms with E-state index in [0.717, 1.165) is 19.4 Å². The quantitative estimate of drug-likeness (QED) is 0.911. The lowest BCUT2D eigenvalue weighted by atomic mass is 9.91. The van der Waals surface area contributed by atoms with E-state index in [1.807, 2.05) is 11.3 Å². The fourth-order valence-electron chi connectivity index (χ4n) is 2.74. The molecule has 0 amide bonds. The summed E-state index contributed by atoms with van der Waals surface area (Å²) >= 11 is 1.83. The van der Waals surface area contributed by atoms with Crippen LogP contribution in [0.4, 0.5) is 0 Å². The Labute approximate surface area is 114 Å². The molecule has 18 heavy (non-hydrogen) atoms. The summed E-state index contributed by atoms with van der Waals surface area (Å²) in [5, 5.41) is 4.91. The van der Waals surface area contributed by atoms with Gasteiger partial charge >= 0.3 is 0 Å². The number of thiazole rings is 1. The lowest BCUT2D eigenvalue weighted by Gasteiger charge is -2.33. The molecule has 0 radical (unpaired) electrons. The van der Waals surface area contributed by atoms with Gasteiger partial charge in [0, 0.05) is 17.5 Å². The number of aromatic nitrogens is 1. The van der Waals surface area contributed by atoms with Crippen LogP contribution in [0, 0.1) is 6.92 Å². The Balaban J connectivity index is 2.39. The van der Waals surface area contributed by atoms with E-state index in [9.17, 15) is 0 Å². The van der Waals surface area contributed by atoms with Crippen molar-refractivity contribution in [3.8, 4) is 0 Å². The molecule has 1 saturated heterocycles. The Bertz CT molecular complexity index is 416. The summed E-state index contributed by atoms with van der Waals surface area (Å²) < 4.78 is 5.81. The third-order valence-corrected chi connectivity index (χ3v) is 4.90. The van der Waals surface area contributed by atoms with Crippen molar-refractivity contribution in [3.63, 3.8) is 0 Å². The van der Waals surface area contributed by atoms with Crippen LogP contribution in [0.15, 0.2) is 0 Å². The van der Waals surface area contributed by atoms with Gasteiger partial charge < -0.3 is 10.1 Å². The van der Waals surface area contributed by atoms with Crippen molar-refractivity contribution >= 4 is 11.3 Å². The predicted octanol–water partition coefficient (Wildman–Crippen LogP) is 3.02. The minimum Gasteiger partial charge on any atom is -0.376 e. The third kappa shape index (κ3) is 2.33. The van der Waals surface area contributed by atoms with Crippen LogP contribution in [0.3, 0.4) is 0 Å². The van der Waals surface area contributed by atoms with Crippen LogP contribution >= 0.6 is 11.3 Å². The van der Waals surface area contributed by atoms with E-state index in [-0.39, 0.29) is 11.6 Å². The summed E-state index contributed by atoms with van der Waals surface area (Å²) in [6.07, 6.45) is 2.22. The fourth-order valence-corrected chi connectivity index (χ4v) is 4.00. The summed E-state index contributed by atoms with van der Waals surface area (Å²) in [6.45, 7) is 11.7. The molecule has 1 aromatic heterocycles. The summed E-state index contributed by atoms with van der Waals surface area (Å²) in [5.74, 6) is 0. The molecular formula is C14H24N2OS. The second kappa shape index (κ2) is 5.27. The van der Waals surface area contributed by atoms with Crippen molar-refractivity contribution in [2.45, 2.75) is 65.1 Å². The van der Waals surface area contributed by atoms with Crippen LogP contribution in [0.5, 0.6) is 0 Å². The molecule has 102 valence electrons. The molecule has 1 N–H and O–H groups in total. The maximum absolute atomic E-state index is 5.81. The van der Waals surface area contributed by atoms with Crippen molar-refractivity contribution in [1.82, 2.24) is 10.3 Å². The van der Waals surface area contributed by atoms with Gasteiger partial charge in [0.2, 0.25) is 0 Å². The molecule has 0 bridgehead atoms. The highest BCUT2D eigenvalue weighted by Crippen LogP contribution is 2.39. The molecule has 0 spiro atoms. The molecule has 1 aliphatic rings. The van der Waals surface area contributed by atoms with Gasteiger partial charge in [-0.25, -0.2) is 4.98 Å². The number of ether oxygens (including phenoxy) is 1. The lowest BCUT2D eigenvalue weighted by Crippen LogP contribution is -2.50. The van der Waals surface area contributed by atoms with E-state index in [1.165, 1.54) is 15.6 Å². The van der Waals surface area contributed by atoms with E-state index >= 15 is 0 Å². The number of nitrogens with one attached hydrogen (secondary N) is 1. The van der Waals surface area contributed by atoms with E-state index < -0.39 is 0 Å². The second-order valence-electron chi connectivity index (χ2n) is 5.41. The van der Waals surface area contributed by atoms with E-state index in [4.69, 9.17) is 9.72 Å². The molecule has 2 unspecified atom stereocenters. The highest BCUT2D eigenvalue weighted by Gasteiger charge is 2.45. The predicted molar refractivity (Wildman–Crippen MR) is 76.2 cm³/mol. The molecule has 1 aromatic rings. The number of hydrogen-bond donors (Lipinski definition) is 1. The summed E-state index contributed by atoms with van der Waals surface area (Å²) in [7, 11) is 0. The largest absolute Gasteiger partial charge is 0.376 e. The van der Waals surface area contributed by atoms with Crippen LogP contribution in [-0.2, 0) is 16.7 Å². The third-order valence-electron chi connectivity index (χ3n) is 3.71. The van der Waals surface area contributed by atoms with Gasteiger partial charge in [0.15, 0.2) is 0 Å². The number of hydrogen-bond acceptors (Lipinski definition) is 4. The lowest BCUT2D eigenvalue weighted by molar-refractivity contribution is 0.0783. The van der Waals surface area contributed by atoms with Gasteiger partial charge in [-0.15, -0.1) is 11.3 Å². The second-order valence-corrected chi connectivity index (χ2v) is 6.61. The Morgan fingerprint density at radius 2 is 2.28 bits per heavy atom. The molecule has 0 saturated carbocycles. The van der Waals surface area contributed by atoms with Gasteiger partial charge in [0.05, 0.1) is 17.3 Å². The van der Waals surface area contributed by atoms with Crippen LogP contribution in [0.1, 0.15) is 49.7 Å². The van der Waals surface area contributed by atoms with Crippen molar-refractivity contribution < 1.29 is 4.74 Å². The van der Waals surface area contributed by atoms with Gasteiger partial charge in [-0.1, -0.05) is 6.92 Å². The zero-order chi connectivity index (χ0) is 13.3. The molecule has 1 fully saturated rings. The molecular weight excluding hydrogens is 244 g/mol. The van der Waals surface area contributed by atoms with Gasteiger partial charge in [-0.2, -0.15) is 0 Å². The van der Waals surface area contributed by atoms with Gasteiger partial charge in [-0.3, -0.25) is 0 Å². The summed E-state index contributed by atoms with van der Waals surface area (Å²) in [4.78, 5) is 6.21. The van der Waals surface area contributed by atoms with Crippen LogP contribution < -0.4 is 5.32 Å². The summed E-state index contributed by atoms with van der Waals surface area (Å²) in [6, 6.07) is 0.434. The van der Waals surface area contributed by atoms with Crippen LogP contribution in [0.2, 0.25) is 0 Å². The first kappa shape index (κ1) is 14.0. The average Bonchev–Trinajstić information content (AvgIpc) is 2.83. The molecule has 1 aliphatic heterocycles. The number of rotatable bonds is 4. The minimum absolute atomic E-state index is 0.0863. The fraction of sp³-hybridized carbons (Fsp3) is 0.786. The SMILES string of the molecule is CCc1nc(C2(NC(C)C)CCOC2C)sc1C. The minimum atomic E-state index is -0.0863. The first-order chi connectivity index (χ1) is 8.49. The molecule has 2 rings (SSSR count). The molecule has 3 nitrogen and oxygen atoms in total. The van der Waals surface area contributed by atoms with Gasteiger partial charge in [0.1, 0.15) is 5.01 Å². The molecule has 0 aliphatic carbocycles. The van der Waals surface area contributed by atoms with Crippen molar-refractivity contribution in [2.24, 2.45) is 0 Å². The van der Waals surface area contributed by atoms with Gasteiger partial charge in [-0.05, 0) is 40.5 Å². The molecule has 0 aromatic carbocycles. The van der Waals surface area contributed by atoms with Crippen LogP contribution in [-0.4, -0.2) is 23.7 Å². The zero-order valence-corrected chi connectivity index (χ0v) is 12.9. The highest BCUT2D eigenvalue weighted by atomic mass is 32.1. The molecule has 2 heterocycles. The van der Waals surface area contributed by atoms with E-state index in [0.29, 0.717) is 6.04 Å². The zero-order valence-electron chi connectivity index (χ0n) is 12.0. The highest BCUT2D eigenvalue weighted by molar-refractivity contribution is 7.11. The Morgan fingerprint density at radius 1 is 1.56 bits per heavy atom.